The lowest BCUT2D eigenvalue weighted by molar-refractivity contribution is 0.0734. The fraction of sp³-hybridized carbons (Fsp3) is 0.536. The van der Waals surface area contributed by atoms with Gasteiger partial charge in [0.25, 0.3) is 0 Å². The van der Waals surface area contributed by atoms with E-state index in [1.54, 1.807) is 7.11 Å². The van der Waals surface area contributed by atoms with Gasteiger partial charge in [0.2, 0.25) is 0 Å². The molecule has 0 aromatic heterocycles. The largest absolute Gasteiger partial charge is 0.423 e. The Morgan fingerprint density at radius 2 is 1.32 bits per heavy atom. The number of hydrogen-bond acceptors (Lipinski definition) is 3. The number of carbonyl (C=O) groups is 1. The molecule has 0 aliphatic carbocycles. The summed E-state index contributed by atoms with van der Waals surface area (Å²) < 4.78 is 10.8. The first kappa shape index (κ1) is 25.1. The molecule has 0 amide bonds. The number of benzene rings is 2. The molecule has 0 N–H and O–H groups in total. The molecule has 1 atom stereocenters. The van der Waals surface area contributed by atoms with E-state index in [1.165, 1.54) is 69.8 Å². The average Bonchev–Trinajstić information content (AvgIpc) is 2.80. The quantitative estimate of drug-likeness (QED) is 0.165. The van der Waals surface area contributed by atoms with Crippen molar-refractivity contribution in [3.63, 3.8) is 0 Å². The van der Waals surface area contributed by atoms with E-state index in [1.807, 2.05) is 55.5 Å². The van der Waals surface area contributed by atoms with Gasteiger partial charge in [-0.15, -0.1) is 0 Å². The molecular weight excluding hydrogens is 384 g/mol. The molecule has 3 heteroatoms. The summed E-state index contributed by atoms with van der Waals surface area (Å²) in [5.74, 6) is 0.226. The fourth-order valence-electron chi connectivity index (χ4n) is 3.73. The molecule has 2 aromatic carbocycles. The Balaban J connectivity index is 1.65. The van der Waals surface area contributed by atoms with Crippen molar-refractivity contribution in [3.8, 4) is 5.75 Å². The third-order valence-electron chi connectivity index (χ3n) is 5.92. The number of methoxy groups -OCH3 is 1. The Morgan fingerprint density at radius 1 is 0.774 bits per heavy atom. The van der Waals surface area contributed by atoms with Crippen LogP contribution in [0.5, 0.6) is 5.75 Å². The number of hydrogen-bond donors (Lipinski definition) is 0. The van der Waals surface area contributed by atoms with Gasteiger partial charge in [0.05, 0.1) is 11.7 Å². The van der Waals surface area contributed by atoms with Crippen LogP contribution >= 0.6 is 0 Å². The van der Waals surface area contributed by atoms with Crippen molar-refractivity contribution >= 4 is 5.97 Å². The molecule has 31 heavy (non-hydrogen) atoms. The van der Waals surface area contributed by atoms with E-state index in [0.717, 1.165) is 12.0 Å². The molecule has 0 fully saturated rings. The maximum absolute atomic E-state index is 12.4. The predicted molar refractivity (Wildman–Crippen MR) is 129 cm³/mol. The zero-order valence-corrected chi connectivity index (χ0v) is 19.7. The molecule has 0 radical (unpaired) electrons. The third-order valence-corrected chi connectivity index (χ3v) is 5.92. The molecule has 0 saturated heterocycles. The van der Waals surface area contributed by atoms with E-state index in [2.05, 4.69) is 6.92 Å². The second kappa shape index (κ2) is 14.8. The van der Waals surface area contributed by atoms with Gasteiger partial charge < -0.3 is 9.47 Å². The second-order valence-corrected chi connectivity index (χ2v) is 8.47. The molecule has 0 aliphatic heterocycles. The summed E-state index contributed by atoms with van der Waals surface area (Å²) >= 11 is 0. The van der Waals surface area contributed by atoms with E-state index < -0.39 is 0 Å². The molecule has 2 rings (SSSR count). The Labute approximate surface area is 189 Å². The van der Waals surface area contributed by atoms with Gasteiger partial charge in [-0.2, -0.15) is 0 Å². The van der Waals surface area contributed by atoms with Gasteiger partial charge in [0.1, 0.15) is 5.75 Å². The number of esters is 1. The molecule has 3 nitrogen and oxygen atoms in total. The lowest BCUT2D eigenvalue weighted by atomic mass is 10.0. The Bertz CT molecular complexity index is 734. The molecule has 0 saturated carbocycles. The highest BCUT2D eigenvalue weighted by atomic mass is 16.5. The Kier molecular flexibility index (Phi) is 12.0. The molecule has 2 aromatic rings. The fourth-order valence-corrected chi connectivity index (χ4v) is 3.73. The van der Waals surface area contributed by atoms with Crippen molar-refractivity contribution in [1.29, 1.82) is 0 Å². The number of ether oxygens (including phenoxy) is 2. The van der Waals surface area contributed by atoms with Gasteiger partial charge in [0.15, 0.2) is 0 Å². The standard InChI is InChI=1S/C28H40O3/c1-4-5-6-7-8-9-10-11-12-13-14-24-15-17-26(18-16-24)28(29)31-27-21-19-25(20-22-27)23(2)30-3/h15-23H,4-14H2,1-3H3. The van der Waals surface area contributed by atoms with Crippen LogP contribution in [0.1, 0.15) is 106 Å². The van der Waals surface area contributed by atoms with E-state index in [0.29, 0.717) is 11.3 Å². The number of rotatable bonds is 15. The summed E-state index contributed by atoms with van der Waals surface area (Å²) in [6, 6.07) is 15.3. The minimum Gasteiger partial charge on any atom is -0.423 e. The zero-order chi connectivity index (χ0) is 22.3. The molecule has 0 spiro atoms. The Morgan fingerprint density at radius 3 is 1.87 bits per heavy atom. The predicted octanol–water partition coefficient (Wildman–Crippen LogP) is 8.08. The van der Waals surface area contributed by atoms with Gasteiger partial charge in [0, 0.05) is 7.11 Å². The van der Waals surface area contributed by atoms with Crippen LogP contribution in [0.25, 0.3) is 0 Å². The van der Waals surface area contributed by atoms with E-state index in [4.69, 9.17) is 9.47 Å². The van der Waals surface area contributed by atoms with Crippen LogP contribution in [0.15, 0.2) is 48.5 Å². The summed E-state index contributed by atoms with van der Waals surface area (Å²) in [5, 5.41) is 0. The molecular formula is C28H40O3. The Hall–Kier alpha value is -2.13. The number of unbranched alkanes of at least 4 members (excludes halogenated alkanes) is 9. The van der Waals surface area contributed by atoms with Crippen molar-refractivity contribution in [2.75, 3.05) is 7.11 Å². The first-order valence-electron chi connectivity index (χ1n) is 12.1. The lowest BCUT2D eigenvalue weighted by Crippen LogP contribution is -2.08. The van der Waals surface area contributed by atoms with Crippen LogP contribution < -0.4 is 4.74 Å². The van der Waals surface area contributed by atoms with Crippen molar-refractivity contribution in [2.45, 2.75) is 90.6 Å². The van der Waals surface area contributed by atoms with Crippen LogP contribution in [0.3, 0.4) is 0 Å². The molecule has 0 bridgehead atoms. The van der Waals surface area contributed by atoms with Crippen molar-refractivity contribution < 1.29 is 14.3 Å². The maximum atomic E-state index is 12.4. The van der Waals surface area contributed by atoms with E-state index in [9.17, 15) is 4.79 Å². The molecule has 1 unspecified atom stereocenters. The summed E-state index contributed by atoms with van der Waals surface area (Å²) in [6.07, 6.45) is 14.6. The SMILES string of the molecule is CCCCCCCCCCCCc1ccc(C(=O)Oc2ccc(C(C)OC)cc2)cc1. The van der Waals surface area contributed by atoms with Gasteiger partial charge in [-0.25, -0.2) is 4.79 Å². The molecule has 0 heterocycles. The summed E-state index contributed by atoms with van der Waals surface area (Å²) in [6.45, 7) is 4.25. The molecule has 0 aliphatic rings. The highest BCUT2D eigenvalue weighted by Gasteiger charge is 2.10. The van der Waals surface area contributed by atoms with Crippen molar-refractivity contribution in [3.05, 3.63) is 65.2 Å². The zero-order valence-electron chi connectivity index (χ0n) is 19.7. The van der Waals surface area contributed by atoms with Crippen molar-refractivity contribution in [2.24, 2.45) is 0 Å². The van der Waals surface area contributed by atoms with Crippen LogP contribution in [-0.4, -0.2) is 13.1 Å². The van der Waals surface area contributed by atoms with Gasteiger partial charge in [-0.1, -0.05) is 89.0 Å². The van der Waals surface area contributed by atoms with Crippen LogP contribution in [0.4, 0.5) is 0 Å². The van der Waals surface area contributed by atoms with Crippen LogP contribution in [0.2, 0.25) is 0 Å². The number of carbonyl (C=O) groups excluding carboxylic acids is 1. The van der Waals surface area contributed by atoms with E-state index in [-0.39, 0.29) is 12.1 Å². The molecule has 170 valence electrons. The lowest BCUT2D eigenvalue weighted by Gasteiger charge is -2.10. The average molecular weight is 425 g/mol. The topological polar surface area (TPSA) is 35.5 Å². The monoisotopic (exact) mass is 424 g/mol. The first-order valence-corrected chi connectivity index (χ1v) is 12.1. The highest BCUT2D eigenvalue weighted by Crippen LogP contribution is 2.20. The summed E-state index contributed by atoms with van der Waals surface area (Å²) in [4.78, 5) is 12.4. The van der Waals surface area contributed by atoms with Gasteiger partial charge in [-0.05, 0) is 55.2 Å². The van der Waals surface area contributed by atoms with Gasteiger partial charge in [-0.3, -0.25) is 0 Å². The smallest absolute Gasteiger partial charge is 0.343 e. The normalized spacial score (nSPS) is 12.0. The maximum Gasteiger partial charge on any atom is 0.343 e. The highest BCUT2D eigenvalue weighted by molar-refractivity contribution is 5.91. The minimum absolute atomic E-state index is 0.0212. The summed E-state index contributed by atoms with van der Waals surface area (Å²) in [7, 11) is 1.68. The van der Waals surface area contributed by atoms with Crippen LogP contribution in [0, 0.1) is 0 Å². The minimum atomic E-state index is -0.321. The van der Waals surface area contributed by atoms with E-state index >= 15 is 0 Å². The third kappa shape index (κ3) is 9.69. The van der Waals surface area contributed by atoms with Gasteiger partial charge >= 0.3 is 5.97 Å². The second-order valence-electron chi connectivity index (χ2n) is 8.47. The van der Waals surface area contributed by atoms with Crippen molar-refractivity contribution in [1.82, 2.24) is 0 Å². The first-order chi connectivity index (χ1) is 15.1. The number of aryl methyl sites for hydroxylation is 1. The summed E-state index contributed by atoms with van der Waals surface area (Å²) in [5.41, 5.74) is 2.92. The van der Waals surface area contributed by atoms with Crippen LogP contribution in [-0.2, 0) is 11.2 Å².